The van der Waals surface area contributed by atoms with Crippen LogP contribution in [0.1, 0.15) is 19.3 Å². The molecule has 1 fully saturated rings. The van der Waals surface area contributed by atoms with Crippen LogP contribution >= 0.6 is 0 Å². The van der Waals surface area contributed by atoms with Crippen molar-refractivity contribution < 1.29 is 19.7 Å². The lowest BCUT2D eigenvalue weighted by atomic mass is 9.88. The fourth-order valence-electron chi connectivity index (χ4n) is 1.87. The van der Waals surface area contributed by atoms with Gasteiger partial charge in [0.15, 0.2) is 0 Å². The first-order valence-electron chi connectivity index (χ1n) is 4.77. The largest absolute Gasteiger partial charge is 0.465 e. The molecule has 0 saturated carbocycles. The molecule has 0 aromatic rings. The molecule has 1 aliphatic rings. The Kier molecular flexibility index (Phi) is 3.71. The molecule has 5 heteroatoms. The Labute approximate surface area is 83.3 Å². The lowest BCUT2D eigenvalue weighted by molar-refractivity contribution is -0.0663. The summed E-state index contributed by atoms with van der Waals surface area (Å²) < 4.78 is 5.37. The van der Waals surface area contributed by atoms with E-state index in [2.05, 4.69) is 0 Å². The van der Waals surface area contributed by atoms with E-state index in [1.807, 2.05) is 0 Å². The molecule has 0 aromatic heterocycles. The maximum absolute atomic E-state index is 10.6. The van der Waals surface area contributed by atoms with Crippen LogP contribution in [0.3, 0.4) is 0 Å². The molecular formula is C9H17NO4. The number of amides is 1. The van der Waals surface area contributed by atoms with Crippen LogP contribution in [0.5, 0.6) is 0 Å². The summed E-state index contributed by atoms with van der Waals surface area (Å²) in [6.07, 6.45) is 1.03. The molecule has 5 nitrogen and oxygen atoms in total. The highest BCUT2D eigenvalue weighted by Crippen LogP contribution is 2.28. The smallest absolute Gasteiger partial charge is 0.407 e. The Morgan fingerprint density at radius 1 is 1.50 bits per heavy atom. The third-order valence-electron chi connectivity index (χ3n) is 2.95. The summed E-state index contributed by atoms with van der Waals surface area (Å²) >= 11 is 0. The summed E-state index contributed by atoms with van der Waals surface area (Å²) in [6, 6.07) is 0. The number of hydrogen-bond acceptors (Lipinski definition) is 3. The molecule has 0 aromatic carbocycles. The standard InChI is InChI=1S/C9H17NO4/c1-14-9(4-7-11)2-5-10(6-3-9)8(12)13/h11H,2-7H2,1H3,(H,12,13). The van der Waals surface area contributed by atoms with Crippen molar-refractivity contribution in [1.29, 1.82) is 0 Å². The van der Waals surface area contributed by atoms with Crippen molar-refractivity contribution in [3.8, 4) is 0 Å². The number of aliphatic hydroxyl groups excluding tert-OH is 1. The second-order valence-corrected chi connectivity index (χ2v) is 3.63. The van der Waals surface area contributed by atoms with Crippen LogP contribution in [0.25, 0.3) is 0 Å². The minimum atomic E-state index is -0.876. The molecular weight excluding hydrogens is 186 g/mol. The molecule has 0 unspecified atom stereocenters. The van der Waals surface area contributed by atoms with Crippen LogP contribution in [0.4, 0.5) is 4.79 Å². The SMILES string of the molecule is COC1(CCO)CCN(C(=O)O)CC1. The van der Waals surface area contributed by atoms with Crippen molar-refractivity contribution in [2.45, 2.75) is 24.9 Å². The second-order valence-electron chi connectivity index (χ2n) is 3.63. The molecule has 0 radical (unpaired) electrons. The molecule has 1 rings (SSSR count). The first-order valence-corrected chi connectivity index (χ1v) is 4.77. The normalized spacial score (nSPS) is 20.9. The fourth-order valence-corrected chi connectivity index (χ4v) is 1.87. The van der Waals surface area contributed by atoms with Gasteiger partial charge >= 0.3 is 6.09 Å². The number of aliphatic hydroxyl groups is 1. The summed E-state index contributed by atoms with van der Waals surface area (Å²) in [5.41, 5.74) is -0.319. The maximum Gasteiger partial charge on any atom is 0.407 e. The van der Waals surface area contributed by atoms with E-state index < -0.39 is 6.09 Å². The summed E-state index contributed by atoms with van der Waals surface area (Å²) in [7, 11) is 1.62. The predicted octanol–water partition coefficient (Wildman–Crippen LogP) is 0.528. The van der Waals surface area contributed by atoms with E-state index >= 15 is 0 Å². The minimum absolute atomic E-state index is 0.0842. The van der Waals surface area contributed by atoms with E-state index in [0.717, 1.165) is 0 Å². The van der Waals surface area contributed by atoms with Crippen molar-refractivity contribution in [1.82, 2.24) is 4.90 Å². The van der Waals surface area contributed by atoms with Gasteiger partial charge in [-0.25, -0.2) is 4.79 Å². The average molecular weight is 203 g/mol. The van der Waals surface area contributed by atoms with E-state index in [-0.39, 0.29) is 12.2 Å². The molecule has 2 N–H and O–H groups in total. The summed E-state index contributed by atoms with van der Waals surface area (Å²) in [4.78, 5) is 12.0. The van der Waals surface area contributed by atoms with Crippen molar-refractivity contribution in [3.05, 3.63) is 0 Å². The number of methoxy groups -OCH3 is 1. The summed E-state index contributed by atoms with van der Waals surface area (Å²) in [5.74, 6) is 0. The predicted molar refractivity (Wildman–Crippen MR) is 50.3 cm³/mol. The van der Waals surface area contributed by atoms with Crippen LogP contribution in [0.15, 0.2) is 0 Å². The van der Waals surface area contributed by atoms with Crippen molar-refractivity contribution >= 4 is 6.09 Å². The lowest BCUT2D eigenvalue weighted by Crippen LogP contribution is -2.47. The Hall–Kier alpha value is -0.810. The van der Waals surface area contributed by atoms with Crippen LogP contribution < -0.4 is 0 Å². The van der Waals surface area contributed by atoms with Crippen LogP contribution in [0, 0.1) is 0 Å². The van der Waals surface area contributed by atoms with Gasteiger partial charge in [0.2, 0.25) is 0 Å². The number of ether oxygens (including phenoxy) is 1. The highest BCUT2D eigenvalue weighted by atomic mass is 16.5. The van der Waals surface area contributed by atoms with Crippen LogP contribution in [-0.4, -0.2) is 53.6 Å². The van der Waals surface area contributed by atoms with Gasteiger partial charge < -0.3 is 19.8 Å². The molecule has 0 spiro atoms. The van der Waals surface area contributed by atoms with Gasteiger partial charge in [-0.15, -0.1) is 0 Å². The third-order valence-corrected chi connectivity index (χ3v) is 2.95. The van der Waals surface area contributed by atoms with Crippen LogP contribution in [0.2, 0.25) is 0 Å². The van der Waals surface area contributed by atoms with Crippen LogP contribution in [-0.2, 0) is 4.74 Å². The Bertz CT molecular complexity index is 199. The number of piperidine rings is 1. The van der Waals surface area contributed by atoms with E-state index in [9.17, 15) is 4.79 Å². The zero-order valence-electron chi connectivity index (χ0n) is 8.40. The van der Waals surface area contributed by atoms with Crippen molar-refractivity contribution in [3.63, 3.8) is 0 Å². The molecule has 14 heavy (non-hydrogen) atoms. The number of carboxylic acid groups (broad SMARTS) is 1. The first-order chi connectivity index (χ1) is 6.63. The monoisotopic (exact) mass is 203 g/mol. The van der Waals surface area contributed by atoms with Gasteiger partial charge in [0.25, 0.3) is 0 Å². The van der Waals surface area contributed by atoms with E-state index in [0.29, 0.717) is 32.4 Å². The Morgan fingerprint density at radius 3 is 2.43 bits per heavy atom. The molecule has 82 valence electrons. The minimum Gasteiger partial charge on any atom is -0.465 e. The Balaban J connectivity index is 2.50. The molecule has 0 bridgehead atoms. The molecule has 1 heterocycles. The molecule has 1 amide bonds. The zero-order valence-corrected chi connectivity index (χ0v) is 8.40. The van der Waals surface area contributed by atoms with Gasteiger partial charge in [0, 0.05) is 26.8 Å². The quantitative estimate of drug-likeness (QED) is 0.702. The number of rotatable bonds is 3. The summed E-state index contributed by atoms with van der Waals surface area (Å²) in [6.45, 7) is 1.06. The van der Waals surface area contributed by atoms with E-state index in [1.54, 1.807) is 7.11 Å². The molecule has 0 atom stereocenters. The van der Waals surface area contributed by atoms with Gasteiger partial charge in [-0.1, -0.05) is 0 Å². The second kappa shape index (κ2) is 4.61. The Morgan fingerprint density at radius 2 is 2.07 bits per heavy atom. The van der Waals surface area contributed by atoms with Crippen molar-refractivity contribution in [2.75, 3.05) is 26.8 Å². The highest BCUT2D eigenvalue weighted by molar-refractivity contribution is 5.65. The highest BCUT2D eigenvalue weighted by Gasteiger charge is 2.35. The van der Waals surface area contributed by atoms with Crippen molar-refractivity contribution in [2.24, 2.45) is 0 Å². The number of likely N-dealkylation sites (tertiary alicyclic amines) is 1. The van der Waals surface area contributed by atoms with Gasteiger partial charge in [-0.3, -0.25) is 0 Å². The zero-order chi connectivity index (χ0) is 10.6. The lowest BCUT2D eigenvalue weighted by Gasteiger charge is -2.39. The summed E-state index contributed by atoms with van der Waals surface area (Å²) in [5, 5.41) is 17.6. The third kappa shape index (κ3) is 2.36. The first kappa shape index (κ1) is 11.3. The van der Waals surface area contributed by atoms with Gasteiger partial charge in [-0.2, -0.15) is 0 Å². The number of nitrogens with zero attached hydrogens (tertiary/aromatic N) is 1. The van der Waals surface area contributed by atoms with E-state index in [4.69, 9.17) is 14.9 Å². The molecule has 0 aliphatic carbocycles. The maximum atomic E-state index is 10.6. The average Bonchev–Trinajstić information content (AvgIpc) is 2.19. The fraction of sp³-hybridized carbons (Fsp3) is 0.889. The van der Waals surface area contributed by atoms with Gasteiger partial charge in [0.05, 0.1) is 5.60 Å². The van der Waals surface area contributed by atoms with Gasteiger partial charge in [0.1, 0.15) is 0 Å². The molecule has 1 saturated heterocycles. The van der Waals surface area contributed by atoms with Gasteiger partial charge in [-0.05, 0) is 19.3 Å². The van der Waals surface area contributed by atoms with E-state index in [1.165, 1.54) is 4.90 Å². The molecule has 1 aliphatic heterocycles. The number of hydrogen-bond donors (Lipinski definition) is 2. The topological polar surface area (TPSA) is 70.0 Å². The number of carbonyl (C=O) groups is 1.